The Kier molecular flexibility index (Phi) is 6.12. The summed E-state index contributed by atoms with van der Waals surface area (Å²) >= 11 is 0. The number of ether oxygens (including phenoxy) is 1. The van der Waals surface area contributed by atoms with Gasteiger partial charge in [-0.3, -0.25) is 0 Å². The standard InChI is InChI=1S/C15H26N2O2/c1-15(16,12-18)10-6-7-11-17(2)13-8-4-5-9-14(13)19-3/h4-5,8-9,18H,6-7,10-12,16H2,1-3H3. The van der Waals surface area contributed by atoms with Gasteiger partial charge in [0.15, 0.2) is 0 Å². The van der Waals surface area contributed by atoms with Crippen molar-refractivity contribution in [1.82, 2.24) is 0 Å². The van der Waals surface area contributed by atoms with Crippen molar-refractivity contribution >= 4 is 5.69 Å². The largest absolute Gasteiger partial charge is 0.495 e. The number of aliphatic hydroxyl groups excluding tert-OH is 1. The molecule has 19 heavy (non-hydrogen) atoms. The molecule has 4 nitrogen and oxygen atoms in total. The predicted molar refractivity (Wildman–Crippen MR) is 79.8 cm³/mol. The van der Waals surface area contributed by atoms with Gasteiger partial charge in [-0.05, 0) is 38.3 Å². The third-order valence-electron chi connectivity index (χ3n) is 3.35. The fourth-order valence-electron chi connectivity index (χ4n) is 2.02. The monoisotopic (exact) mass is 266 g/mol. The molecule has 0 fully saturated rings. The molecule has 0 aliphatic rings. The number of nitrogens with two attached hydrogens (primary N) is 1. The van der Waals surface area contributed by atoms with Gasteiger partial charge in [-0.25, -0.2) is 0 Å². The van der Waals surface area contributed by atoms with Crippen LogP contribution in [0.25, 0.3) is 0 Å². The van der Waals surface area contributed by atoms with E-state index in [2.05, 4.69) is 18.0 Å². The number of anilines is 1. The quantitative estimate of drug-likeness (QED) is 0.707. The van der Waals surface area contributed by atoms with E-state index < -0.39 is 5.54 Å². The van der Waals surface area contributed by atoms with E-state index in [9.17, 15) is 0 Å². The van der Waals surface area contributed by atoms with E-state index >= 15 is 0 Å². The number of rotatable bonds is 8. The summed E-state index contributed by atoms with van der Waals surface area (Å²) in [7, 11) is 3.75. The van der Waals surface area contributed by atoms with Crippen molar-refractivity contribution in [2.45, 2.75) is 31.7 Å². The summed E-state index contributed by atoms with van der Waals surface area (Å²) < 4.78 is 5.35. The fourth-order valence-corrected chi connectivity index (χ4v) is 2.02. The zero-order valence-corrected chi connectivity index (χ0v) is 12.2. The highest BCUT2D eigenvalue weighted by Gasteiger charge is 2.16. The van der Waals surface area contributed by atoms with E-state index in [0.29, 0.717) is 0 Å². The molecule has 0 saturated carbocycles. The molecule has 1 rings (SSSR count). The smallest absolute Gasteiger partial charge is 0.142 e. The van der Waals surface area contributed by atoms with Crippen molar-refractivity contribution in [2.24, 2.45) is 5.73 Å². The molecule has 108 valence electrons. The van der Waals surface area contributed by atoms with E-state index in [4.69, 9.17) is 15.6 Å². The normalized spacial score (nSPS) is 13.9. The molecule has 0 bridgehead atoms. The van der Waals surface area contributed by atoms with Gasteiger partial charge in [0.05, 0.1) is 19.4 Å². The summed E-state index contributed by atoms with van der Waals surface area (Å²) in [6.07, 6.45) is 2.89. The number of unbranched alkanes of at least 4 members (excludes halogenated alkanes) is 1. The highest BCUT2D eigenvalue weighted by molar-refractivity contribution is 5.57. The second kappa shape index (κ2) is 7.36. The Morgan fingerprint density at radius 2 is 2.00 bits per heavy atom. The summed E-state index contributed by atoms with van der Waals surface area (Å²) in [6.45, 7) is 2.87. The Hall–Kier alpha value is -1.26. The minimum atomic E-state index is -0.455. The lowest BCUT2D eigenvalue weighted by atomic mass is 9.97. The van der Waals surface area contributed by atoms with Crippen LogP contribution in [-0.2, 0) is 0 Å². The highest BCUT2D eigenvalue weighted by atomic mass is 16.5. The third kappa shape index (κ3) is 5.09. The van der Waals surface area contributed by atoms with E-state index in [1.54, 1.807) is 7.11 Å². The van der Waals surface area contributed by atoms with E-state index in [1.165, 1.54) is 0 Å². The van der Waals surface area contributed by atoms with Crippen LogP contribution in [0.3, 0.4) is 0 Å². The average Bonchev–Trinajstić information content (AvgIpc) is 2.43. The molecular weight excluding hydrogens is 240 g/mol. The maximum atomic E-state index is 9.10. The second-order valence-electron chi connectivity index (χ2n) is 5.36. The molecule has 0 amide bonds. The van der Waals surface area contributed by atoms with Gasteiger partial charge < -0.3 is 20.5 Å². The van der Waals surface area contributed by atoms with E-state index in [-0.39, 0.29) is 6.61 Å². The lowest BCUT2D eigenvalue weighted by Gasteiger charge is -2.24. The van der Waals surface area contributed by atoms with E-state index in [1.807, 2.05) is 25.1 Å². The SMILES string of the molecule is COc1ccccc1N(C)CCCCC(C)(N)CO. The summed E-state index contributed by atoms with van der Waals surface area (Å²) in [4.78, 5) is 2.19. The predicted octanol–water partition coefficient (Wildman–Crippen LogP) is 2.01. The van der Waals surface area contributed by atoms with Gasteiger partial charge >= 0.3 is 0 Å². The zero-order valence-electron chi connectivity index (χ0n) is 12.2. The second-order valence-corrected chi connectivity index (χ2v) is 5.36. The van der Waals surface area contributed by atoms with Crippen LogP contribution < -0.4 is 15.4 Å². The number of methoxy groups -OCH3 is 1. The molecule has 1 unspecified atom stereocenters. The number of para-hydroxylation sites is 2. The van der Waals surface area contributed by atoms with Crippen molar-refractivity contribution in [3.8, 4) is 5.75 Å². The molecule has 0 aliphatic carbocycles. The molecule has 1 aromatic rings. The number of benzene rings is 1. The molecule has 0 saturated heterocycles. The molecule has 4 heteroatoms. The molecule has 1 aromatic carbocycles. The fraction of sp³-hybridized carbons (Fsp3) is 0.600. The van der Waals surface area contributed by atoms with Crippen LogP contribution in [0.15, 0.2) is 24.3 Å². The highest BCUT2D eigenvalue weighted by Crippen LogP contribution is 2.26. The minimum absolute atomic E-state index is 0.0371. The molecule has 1 atom stereocenters. The van der Waals surface area contributed by atoms with Crippen LogP contribution in [0.2, 0.25) is 0 Å². The van der Waals surface area contributed by atoms with Crippen LogP contribution in [0.1, 0.15) is 26.2 Å². The summed E-state index contributed by atoms with van der Waals surface area (Å²) in [5, 5.41) is 9.10. The van der Waals surface area contributed by atoms with Crippen molar-refractivity contribution in [3.05, 3.63) is 24.3 Å². The zero-order chi connectivity index (χ0) is 14.3. The Bertz CT molecular complexity index is 380. The van der Waals surface area contributed by atoms with Crippen LogP contribution in [0.5, 0.6) is 5.75 Å². The molecule has 0 heterocycles. The number of aliphatic hydroxyl groups is 1. The number of hydrogen-bond acceptors (Lipinski definition) is 4. The van der Waals surface area contributed by atoms with Gasteiger partial charge in [-0.2, -0.15) is 0 Å². The Labute approximate surface area is 116 Å². The lowest BCUT2D eigenvalue weighted by Crippen LogP contribution is -2.40. The maximum absolute atomic E-state index is 9.10. The summed E-state index contributed by atoms with van der Waals surface area (Å²) in [6, 6.07) is 8.00. The van der Waals surface area contributed by atoms with Crippen LogP contribution in [0.4, 0.5) is 5.69 Å². The Balaban J connectivity index is 2.41. The Morgan fingerprint density at radius 3 is 2.63 bits per heavy atom. The van der Waals surface area contributed by atoms with Crippen molar-refractivity contribution < 1.29 is 9.84 Å². The first kappa shape index (κ1) is 15.8. The van der Waals surface area contributed by atoms with Gasteiger partial charge in [0.25, 0.3) is 0 Å². The van der Waals surface area contributed by atoms with Gasteiger partial charge in [0.1, 0.15) is 5.75 Å². The van der Waals surface area contributed by atoms with E-state index in [0.717, 1.165) is 37.2 Å². The minimum Gasteiger partial charge on any atom is -0.495 e. The van der Waals surface area contributed by atoms with Gasteiger partial charge in [0, 0.05) is 19.1 Å². The maximum Gasteiger partial charge on any atom is 0.142 e. The number of hydrogen-bond donors (Lipinski definition) is 2. The molecule has 0 radical (unpaired) electrons. The van der Waals surface area contributed by atoms with Crippen LogP contribution in [0, 0.1) is 0 Å². The molecular formula is C15H26N2O2. The van der Waals surface area contributed by atoms with Crippen LogP contribution >= 0.6 is 0 Å². The van der Waals surface area contributed by atoms with Crippen LogP contribution in [-0.4, -0.2) is 38.0 Å². The first-order valence-corrected chi connectivity index (χ1v) is 6.74. The van der Waals surface area contributed by atoms with Gasteiger partial charge in [-0.15, -0.1) is 0 Å². The molecule has 0 aromatic heterocycles. The third-order valence-corrected chi connectivity index (χ3v) is 3.35. The van der Waals surface area contributed by atoms with Crippen molar-refractivity contribution in [3.63, 3.8) is 0 Å². The van der Waals surface area contributed by atoms with Crippen molar-refractivity contribution in [2.75, 3.05) is 32.2 Å². The Morgan fingerprint density at radius 1 is 1.32 bits per heavy atom. The van der Waals surface area contributed by atoms with Gasteiger partial charge in [-0.1, -0.05) is 12.1 Å². The van der Waals surface area contributed by atoms with Crippen molar-refractivity contribution in [1.29, 1.82) is 0 Å². The first-order chi connectivity index (χ1) is 9.00. The molecule has 0 spiro atoms. The topological polar surface area (TPSA) is 58.7 Å². The first-order valence-electron chi connectivity index (χ1n) is 6.74. The molecule has 3 N–H and O–H groups in total. The summed E-state index contributed by atoms with van der Waals surface area (Å²) in [5.41, 5.74) is 6.55. The number of nitrogens with zero attached hydrogens (tertiary/aromatic N) is 1. The lowest BCUT2D eigenvalue weighted by molar-refractivity contribution is 0.197. The molecule has 0 aliphatic heterocycles. The summed E-state index contributed by atoms with van der Waals surface area (Å²) in [5.74, 6) is 0.893. The van der Waals surface area contributed by atoms with Gasteiger partial charge in [0.2, 0.25) is 0 Å². The average molecular weight is 266 g/mol.